The molecule has 0 saturated carbocycles. The van der Waals surface area contributed by atoms with E-state index in [0.29, 0.717) is 19.0 Å². The van der Waals surface area contributed by atoms with Crippen LogP contribution < -0.4 is 10.6 Å². The minimum absolute atomic E-state index is 0.533. The number of guanidine groups is 1. The van der Waals surface area contributed by atoms with E-state index >= 15 is 0 Å². The molecule has 3 N–H and O–H groups in total. The fraction of sp³-hybridized carbons (Fsp3) is 0.667. The molecule has 1 aromatic rings. The fourth-order valence-electron chi connectivity index (χ4n) is 1.95. The molecule has 1 fully saturated rings. The van der Waals surface area contributed by atoms with Gasteiger partial charge in [0.25, 0.3) is 0 Å². The number of rotatable bonds is 4. The third kappa shape index (κ3) is 3.87. The third-order valence-electron chi connectivity index (χ3n) is 3.25. The highest BCUT2D eigenvalue weighted by Crippen LogP contribution is 2.26. The van der Waals surface area contributed by atoms with Gasteiger partial charge in [-0.1, -0.05) is 0 Å². The van der Waals surface area contributed by atoms with Crippen molar-refractivity contribution in [1.82, 2.24) is 20.4 Å². The van der Waals surface area contributed by atoms with E-state index in [4.69, 9.17) is 0 Å². The summed E-state index contributed by atoms with van der Waals surface area (Å²) in [5, 5.41) is 20.8. The highest BCUT2D eigenvalue weighted by Gasteiger charge is 2.31. The Bertz CT molecular complexity index is 439. The summed E-state index contributed by atoms with van der Waals surface area (Å²) in [5.41, 5.74) is 0.479. The second-order valence-electron chi connectivity index (χ2n) is 4.75. The third-order valence-corrected chi connectivity index (χ3v) is 4.48. The van der Waals surface area contributed by atoms with Crippen LogP contribution in [0.1, 0.15) is 12.1 Å². The van der Waals surface area contributed by atoms with Gasteiger partial charge in [0, 0.05) is 32.6 Å². The first-order valence-electron chi connectivity index (χ1n) is 6.34. The van der Waals surface area contributed by atoms with Gasteiger partial charge in [-0.25, -0.2) is 0 Å². The lowest BCUT2D eigenvalue weighted by atomic mass is 10.0. The second-order valence-corrected chi connectivity index (χ2v) is 5.86. The van der Waals surface area contributed by atoms with Gasteiger partial charge in [-0.2, -0.15) is 16.9 Å². The Balaban J connectivity index is 1.79. The number of nitrogens with zero attached hydrogens (tertiary/aromatic N) is 3. The lowest BCUT2D eigenvalue weighted by Gasteiger charge is -2.23. The molecule has 0 spiro atoms. The van der Waals surface area contributed by atoms with Gasteiger partial charge in [0.05, 0.1) is 17.8 Å². The van der Waals surface area contributed by atoms with Crippen LogP contribution in [0.5, 0.6) is 0 Å². The number of nitrogens with one attached hydrogen (secondary N) is 2. The Morgan fingerprint density at radius 2 is 2.47 bits per heavy atom. The first-order chi connectivity index (χ1) is 9.13. The molecule has 0 amide bonds. The first-order valence-corrected chi connectivity index (χ1v) is 7.50. The molecule has 7 heteroatoms. The van der Waals surface area contributed by atoms with Gasteiger partial charge in [0.2, 0.25) is 0 Å². The Hall–Kier alpha value is -1.21. The van der Waals surface area contributed by atoms with Crippen molar-refractivity contribution in [1.29, 1.82) is 0 Å². The van der Waals surface area contributed by atoms with Gasteiger partial charge in [0.1, 0.15) is 0 Å². The summed E-state index contributed by atoms with van der Waals surface area (Å²) in [6.07, 6.45) is 2.61. The largest absolute Gasteiger partial charge is 0.387 e. The number of aliphatic imine (C=N–C) groups is 1. The standard InChI is InChI=1S/C12H21N5OS/c1-13-11(14-7-10-3-5-16-17(10)2)15-8-12(18)4-6-19-9-12/h3,5,18H,4,6-9H2,1-2H3,(H2,13,14,15). The Morgan fingerprint density at radius 3 is 3.05 bits per heavy atom. The van der Waals surface area contributed by atoms with Crippen molar-refractivity contribution in [2.75, 3.05) is 25.1 Å². The molecule has 1 aliphatic rings. The molecule has 6 nitrogen and oxygen atoms in total. The van der Waals surface area contributed by atoms with Crippen molar-refractivity contribution in [2.45, 2.75) is 18.6 Å². The second kappa shape index (κ2) is 6.29. The molecule has 1 unspecified atom stereocenters. The highest BCUT2D eigenvalue weighted by molar-refractivity contribution is 7.99. The maximum absolute atomic E-state index is 10.3. The lowest BCUT2D eigenvalue weighted by molar-refractivity contribution is 0.0724. The molecule has 106 valence electrons. The molecule has 2 rings (SSSR count). The van der Waals surface area contributed by atoms with E-state index in [1.54, 1.807) is 25.0 Å². The molecule has 0 radical (unpaired) electrons. The number of hydrogen-bond acceptors (Lipinski definition) is 4. The lowest BCUT2D eigenvalue weighted by Crippen LogP contribution is -2.47. The van der Waals surface area contributed by atoms with Crippen molar-refractivity contribution >= 4 is 17.7 Å². The maximum atomic E-state index is 10.3. The highest BCUT2D eigenvalue weighted by atomic mass is 32.2. The molecule has 0 aliphatic carbocycles. The topological polar surface area (TPSA) is 74.5 Å². The number of aryl methyl sites for hydroxylation is 1. The van der Waals surface area contributed by atoms with E-state index < -0.39 is 5.60 Å². The number of aliphatic hydroxyl groups is 1. The van der Waals surface area contributed by atoms with Crippen LogP contribution in [-0.2, 0) is 13.6 Å². The molecule has 1 saturated heterocycles. The zero-order valence-electron chi connectivity index (χ0n) is 11.4. The first kappa shape index (κ1) is 14.2. The fourth-order valence-corrected chi connectivity index (χ4v) is 3.25. The summed E-state index contributed by atoms with van der Waals surface area (Å²) in [4.78, 5) is 4.16. The number of aromatic nitrogens is 2. The van der Waals surface area contributed by atoms with Crippen molar-refractivity contribution in [3.05, 3.63) is 18.0 Å². The SMILES string of the molecule is CN=C(NCc1ccnn1C)NCC1(O)CCSC1. The molecule has 2 heterocycles. The monoisotopic (exact) mass is 283 g/mol. The minimum Gasteiger partial charge on any atom is -0.387 e. The zero-order chi connectivity index (χ0) is 13.7. The van der Waals surface area contributed by atoms with Crippen LogP contribution in [0.25, 0.3) is 0 Å². The van der Waals surface area contributed by atoms with Crippen LogP contribution in [0, 0.1) is 0 Å². The Labute approximate surface area is 117 Å². The summed E-state index contributed by atoms with van der Waals surface area (Å²) in [5.74, 6) is 2.52. The average Bonchev–Trinajstić information content (AvgIpc) is 3.00. The van der Waals surface area contributed by atoms with E-state index in [-0.39, 0.29) is 0 Å². The van der Waals surface area contributed by atoms with E-state index in [9.17, 15) is 5.11 Å². The van der Waals surface area contributed by atoms with Gasteiger partial charge in [0.15, 0.2) is 5.96 Å². The van der Waals surface area contributed by atoms with Crippen LogP contribution in [0.2, 0.25) is 0 Å². The number of hydrogen-bond donors (Lipinski definition) is 3. The van der Waals surface area contributed by atoms with Gasteiger partial charge in [-0.15, -0.1) is 0 Å². The summed E-state index contributed by atoms with van der Waals surface area (Å²) < 4.78 is 1.82. The normalized spacial score (nSPS) is 23.6. The van der Waals surface area contributed by atoms with Gasteiger partial charge in [-0.05, 0) is 18.2 Å². The molecular formula is C12H21N5OS. The molecule has 19 heavy (non-hydrogen) atoms. The maximum Gasteiger partial charge on any atom is 0.191 e. The van der Waals surface area contributed by atoms with Crippen molar-refractivity contribution in [2.24, 2.45) is 12.0 Å². The van der Waals surface area contributed by atoms with Crippen molar-refractivity contribution in [3.63, 3.8) is 0 Å². The predicted octanol–water partition coefficient (Wildman–Crippen LogP) is -0.0469. The summed E-state index contributed by atoms with van der Waals surface area (Å²) >= 11 is 1.79. The van der Waals surface area contributed by atoms with Gasteiger partial charge in [-0.3, -0.25) is 9.67 Å². The summed E-state index contributed by atoms with van der Waals surface area (Å²) in [6, 6.07) is 1.96. The summed E-state index contributed by atoms with van der Waals surface area (Å²) in [6.45, 7) is 1.19. The summed E-state index contributed by atoms with van der Waals surface area (Å²) in [7, 11) is 3.64. The van der Waals surface area contributed by atoms with Crippen LogP contribution in [0.15, 0.2) is 17.3 Å². The molecule has 0 aromatic carbocycles. The zero-order valence-corrected chi connectivity index (χ0v) is 12.2. The Kier molecular flexibility index (Phi) is 4.71. The predicted molar refractivity (Wildman–Crippen MR) is 78.3 cm³/mol. The van der Waals surface area contributed by atoms with Gasteiger partial charge < -0.3 is 15.7 Å². The van der Waals surface area contributed by atoms with Crippen LogP contribution in [0.4, 0.5) is 0 Å². The van der Waals surface area contributed by atoms with Crippen molar-refractivity contribution < 1.29 is 5.11 Å². The molecule has 1 aromatic heterocycles. The van der Waals surface area contributed by atoms with Crippen LogP contribution in [0.3, 0.4) is 0 Å². The average molecular weight is 283 g/mol. The molecule has 1 aliphatic heterocycles. The minimum atomic E-state index is -0.602. The van der Waals surface area contributed by atoms with Crippen molar-refractivity contribution in [3.8, 4) is 0 Å². The van der Waals surface area contributed by atoms with E-state index in [1.165, 1.54) is 0 Å². The Morgan fingerprint density at radius 1 is 1.63 bits per heavy atom. The number of thioether (sulfide) groups is 1. The van der Waals surface area contributed by atoms with Gasteiger partial charge >= 0.3 is 0 Å². The smallest absolute Gasteiger partial charge is 0.191 e. The quantitative estimate of drug-likeness (QED) is 0.534. The van der Waals surface area contributed by atoms with E-state index in [0.717, 1.165) is 23.6 Å². The molecular weight excluding hydrogens is 262 g/mol. The van der Waals surface area contributed by atoms with Crippen LogP contribution in [-0.4, -0.2) is 51.5 Å². The van der Waals surface area contributed by atoms with E-state index in [1.807, 2.05) is 17.8 Å². The van der Waals surface area contributed by atoms with E-state index in [2.05, 4.69) is 20.7 Å². The molecule has 1 atom stereocenters. The molecule has 0 bridgehead atoms. The van der Waals surface area contributed by atoms with Crippen LogP contribution >= 0.6 is 11.8 Å².